The van der Waals surface area contributed by atoms with Gasteiger partial charge in [-0.3, -0.25) is 4.79 Å². The first-order chi connectivity index (χ1) is 13.1. The van der Waals surface area contributed by atoms with E-state index in [-0.39, 0.29) is 12.3 Å². The quantitative estimate of drug-likeness (QED) is 0.684. The molecule has 0 atom stereocenters. The van der Waals surface area contributed by atoms with Gasteiger partial charge in [0, 0.05) is 24.6 Å². The minimum Gasteiger partial charge on any atom is -0.493 e. The molecule has 2 heterocycles. The molecule has 0 aliphatic carbocycles. The van der Waals surface area contributed by atoms with E-state index in [2.05, 4.69) is 20.4 Å². The van der Waals surface area contributed by atoms with Crippen LogP contribution in [0, 0.1) is 6.92 Å². The second-order valence-electron chi connectivity index (χ2n) is 5.85. The molecule has 1 aromatic carbocycles. The van der Waals surface area contributed by atoms with Crippen molar-refractivity contribution in [1.29, 1.82) is 0 Å². The number of amides is 1. The first-order valence-corrected chi connectivity index (χ1v) is 8.36. The van der Waals surface area contributed by atoms with E-state index in [0.29, 0.717) is 35.5 Å². The van der Waals surface area contributed by atoms with E-state index in [1.165, 1.54) is 0 Å². The van der Waals surface area contributed by atoms with Crippen molar-refractivity contribution in [1.82, 2.24) is 15.1 Å². The number of aryl methyl sites for hydroxylation is 2. The first kappa shape index (κ1) is 18.4. The number of ether oxygens (including phenoxy) is 2. The van der Waals surface area contributed by atoms with Crippen LogP contribution in [0.1, 0.15) is 17.9 Å². The van der Waals surface area contributed by atoms with Crippen LogP contribution in [0.4, 0.5) is 5.82 Å². The van der Waals surface area contributed by atoms with Gasteiger partial charge in [-0.1, -0.05) is 11.2 Å². The Kier molecular flexibility index (Phi) is 5.65. The van der Waals surface area contributed by atoms with Crippen molar-refractivity contribution in [2.45, 2.75) is 19.8 Å². The summed E-state index contributed by atoms with van der Waals surface area (Å²) in [5, 5.41) is 6.70. The lowest BCUT2D eigenvalue weighted by Crippen LogP contribution is -2.13. The lowest BCUT2D eigenvalue weighted by atomic mass is 10.2. The fourth-order valence-electron chi connectivity index (χ4n) is 2.42. The maximum atomic E-state index is 12.0. The Labute approximate surface area is 156 Å². The second-order valence-corrected chi connectivity index (χ2v) is 5.85. The average molecular weight is 368 g/mol. The van der Waals surface area contributed by atoms with Gasteiger partial charge in [0.1, 0.15) is 5.82 Å². The van der Waals surface area contributed by atoms with Gasteiger partial charge in [0.25, 0.3) is 0 Å². The maximum Gasteiger partial charge on any atom is 0.227 e. The topological polar surface area (TPSA) is 99.4 Å². The van der Waals surface area contributed by atoms with E-state index in [1.807, 2.05) is 19.1 Å². The van der Waals surface area contributed by atoms with Crippen molar-refractivity contribution >= 4 is 11.7 Å². The molecule has 0 saturated heterocycles. The summed E-state index contributed by atoms with van der Waals surface area (Å²) in [6, 6.07) is 8.99. The predicted molar refractivity (Wildman–Crippen MR) is 98.8 cm³/mol. The molecule has 0 spiro atoms. The number of rotatable bonds is 7. The molecule has 140 valence electrons. The number of aromatic nitrogens is 3. The van der Waals surface area contributed by atoms with Gasteiger partial charge in [-0.05, 0) is 36.8 Å². The highest BCUT2D eigenvalue weighted by Crippen LogP contribution is 2.31. The molecule has 3 rings (SSSR count). The lowest BCUT2D eigenvalue weighted by Gasteiger charge is -2.07. The van der Waals surface area contributed by atoms with Crippen molar-refractivity contribution in [2.24, 2.45) is 0 Å². The van der Waals surface area contributed by atoms with Crippen LogP contribution in [0.3, 0.4) is 0 Å². The van der Waals surface area contributed by atoms with Crippen LogP contribution in [0.15, 0.2) is 41.1 Å². The summed E-state index contributed by atoms with van der Waals surface area (Å²) in [6.07, 6.45) is 2.24. The summed E-state index contributed by atoms with van der Waals surface area (Å²) in [7, 11) is 3.13. The zero-order chi connectivity index (χ0) is 19.2. The smallest absolute Gasteiger partial charge is 0.227 e. The Morgan fingerprint density at radius 1 is 1.15 bits per heavy atom. The summed E-state index contributed by atoms with van der Waals surface area (Å²) in [4.78, 5) is 20.5. The summed E-state index contributed by atoms with van der Waals surface area (Å²) >= 11 is 0. The molecule has 0 aliphatic heterocycles. The Hall–Kier alpha value is -3.42. The van der Waals surface area contributed by atoms with Crippen molar-refractivity contribution < 1.29 is 18.8 Å². The SMILES string of the molecule is COc1ccc(-c2noc(CCC(=O)Nc3ccc(C)cn3)n2)cc1OC. The molecule has 3 aromatic rings. The van der Waals surface area contributed by atoms with E-state index in [0.717, 1.165) is 11.1 Å². The number of anilines is 1. The lowest BCUT2D eigenvalue weighted by molar-refractivity contribution is -0.116. The van der Waals surface area contributed by atoms with Crippen LogP contribution < -0.4 is 14.8 Å². The summed E-state index contributed by atoms with van der Waals surface area (Å²) in [6.45, 7) is 1.93. The second kappa shape index (κ2) is 8.31. The number of hydrogen-bond donors (Lipinski definition) is 1. The largest absolute Gasteiger partial charge is 0.493 e. The Morgan fingerprint density at radius 2 is 1.96 bits per heavy atom. The molecule has 0 unspecified atom stereocenters. The predicted octanol–water partition coefficient (Wildman–Crippen LogP) is 3.03. The monoisotopic (exact) mass is 368 g/mol. The molecule has 0 saturated carbocycles. The number of methoxy groups -OCH3 is 2. The Bertz CT molecular complexity index is 922. The minimum absolute atomic E-state index is 0.169. The van der Waals surface area contributed by atoms with Crippen LogP contribution >= 0.6 is 0 Å². The van der Waals surface area contributed by atoms with Crippen LogP contribution in [-0.4, -0.2) is 35.3 Å². The normalized spacial score (nSPS) is 10.5. The number of carbonyl (C=O) groups excluding carboxylic acids is 1. The van der Waals surface area contributed by atoms with Crippen LogP contribution in [0.25, 0.3) is 11.4 Å². The zero-order valence-electron chi connectivity index (χ0n) is 15.4. The van der Waals surface area contributed by atoms with E-state index >= 15 is 0 Å². The highest BCUT2D eigenvalue weighted by molar-refractivity contribution is 5.89. The number of nitrogens with one attached hydrogen (secondary N) is 1. The van der Waals surface area contributed by atoms with Crippen molar-refractivity contribution in [3.8, 4) is 22.9 Å². The van der Waals surface area contributed by atoms with E-state index in [1.54, 1.807) is 38.6 Å². The molecule has 0 radical (unpaired) electrons. The van der Waals surface area contributed by atoms with Crippen LogP contribution in [-0.2, 0) is 11.2 Å². The Morgan fingerprint density at radius 3 is 2.67 bits per heavy atom. The number of hydrogen-bond acceptors (Lipinski definition) is 7. The third-order valence-electron chi connectivity index (χ3n) is 3.85. The third kappa shape index (κ3) is 4.60. The molecule has 2 aromatic heterocycles. The molecule has 1 amide bonds. The molecular weight excluding hydrogens is 348 g/mol. The first-order valence-electron chi connectivity index (χ1n) is 8.36. The summed E-state index contributed by atoms with van der Waals surface area (Å²) < 4.78 is 15.7. The van der Waals surface area contributed by atoms with Gasteiger partial charge in [-0.15, -0.1) is 0 Å². The van der Waals surface area contributed by atoms with Crippen molar-refractivity contribution in [3.63, 3.8) is 0 Å². The van der Waals surface area contributed by atoms with E-state index in [9.17, 15) is 4.79 Å². The fourth-order valence-corrected chi connectivity index (χ4v) is 2.42. The van der Waals surface area contributed by atoms with Gasteiger partial charge >= 0.3 is 0 Å². The molecule has 0 aliphatic rings. The van der Waals surface area contributed by atoms with Crippen LogP contribution in [0.5, 0.6) is 11.5 Å². The zero-order valence-corrected chi connectivity index (χ0v) is 15.4. The van der Waals surface area contributed by atoms with Gasteiger partial charge in [0.2, 0.25) is 17.6 Å². The average Bonchev–Trinajstić information content (AvgIpc) is 3.16. The molecule has 1 N–H and O–H groups in total. The molecule has 8 heteroatoms. The van der Waals surface area contributed by atoms with Gasteiger partial charge in [0.05, 0.1) is 14.2 Å². The third-order valence-corrected chi connectivity index (χ3v) is 3.85. The number of nitrogens with zero attached hydrogens (tertiary/aromatic N) is 3. The van der Waals surface area contributed by atoms with E-state index in [4.69, 9.17) is 14.0 Å². The van der Waals surface area contributed by atoms with Gasteiger partial charge in [-0.2, -0.15) is 4.98 Å². The number of benzene rings is 1. The van der Waals surface area contributed by atoms with Gasteiger partial charge < -0.3 is 19.3 Å². The maximum absolute atomic E-state index is 12.0. The van der Waals surface area contributed by atoms with Gasteiger partial charge in [0.15, 0.2) is 11.5 Å². The highest BCUT2D eigenvalue weighted by Gasteiger charge is 2.13. The molecule has 0 bridgehead atoms. The van der Waals surface area contributed by atoms with Gasteiger partial charge in [-0.25, -0.2) is 4.98 Å². The minimum atomic E-state index is -0.169. The molecule has 27 heavy (non-hydrogen) atoms. The Balaban J connectivity index is 1.61. The summed E-state index contributed by atoms with van der Waals surface area (Å²) in [5.41, 5.74) is 1.76. The molecule has 0 fully saturated rings. The number of carbonyl (C=O) groups is 1. The van der Waals surface area contributed by atoms with E-state index < -0.39 is 0 Å². The van der Waals surface area contributed by atoms with Crippen molar-refractivity contribution in [3.05, 3.63) is 48.0 Å². The standard InChI is InChI=1S/C19H20N4O4/c1-12-4-7-16(20-11-12)21-17(24)8-9-18-22-19(23-27-18)13-5-6-14(25-2)15(10-13)26-3/h4-7,10-11H,8-9H2,1-3H3,(H,20,21,24). The highest BCUT2D eigenvalue weighted by atomic mass is 16.5. The number of pyridine rings is 1. The molecular formula is C19H20N4O4. The fraction of sp³-hybridized carbons (Fsp3) is 0.263. The summed E-state index contributed by atoms with van der Waals surface area (Å²) in [5.74, 6) is 2.34. The van der Waals surface area contributed by atoms with Crippen LogP contribution in [0.2, 0.25) is 0 Å². The van der Waals surface area contributed by atoms with Crippen molar-refractivity contribution in [2.75, 3.05) is 19.5 Å². The molecule has 8 nitrogen and oxygen atoms in total.